The van der Waals surface area contributed by atoms with Crippen molar-refractivity contribution in [1.29, 1.82) is 0 Å². The first-order valence-corrected chi connectivity index (χ1v) is 6.32. The van der Waals surface area contributed by atoms with Gasteiger partial charge >= 0.3 is 0 Å². The summed E-state index contributed by atoms with van der Waals surface area (Å²) in [5, 5.41) is 10.2. The zero-order chi connectivity index (χ0) is 11.4. The van der Waals surface area contributed by atoms with E-state index in [1.165, 1.54) is 31.2 Å². The van der Waals surface area contributed by atoms with E-state index in [-0.39, 0.29) is 6.10 Å². The quantitative estimate of drug-likeness (QED) is 0.848. The van der Waals surface area contributed by atoms with Crippen LogP contribution in [-0.2, 0) is 6.42 Å². The number of hydrogen-bond acceptors (Lipinski definition) is 2. The van der Waals surface area contributed by atoms with E-state index in [0.717, 1.165) is 12.3 Å². The molecule has 3 atom stereocenters. The number of nitrogens with zero attached hydrogens (tertiary/aromatic N) is 1. The number of pyridine rings is 1. The van der Waals surface area contributed by atoms with Crippen LogP contribution in [0.25, 0.3) is 0 Å². The number of hydrogen-bond donors (Lipinski definition) is 1. The average Bonchev–Trinajstić information content (AvgIpc) is 2.30. The molecule has 2 heteroatoms. The molecule has 0 spiro atoms. The van der Waals surface area contributed by atoms with Crippen LogP contribution in [0.15, 0.2) is 24.5 Å². The van der Waals surface area contributed by atoms with Crippen molar-refractivity contribution in [3.63, 3.8) is 0 Å². The fraction of sp³-hybridized carbons (Fsp3) is 0.643. The standard InChI is InChI=1S/C14H21NO/c1-11-3-2-4-13(9-11)14(16)10-12-5-7-15-8-6-12/h5-8,11,13-14,16H,2-4,9-10H2,1H3. The minimum Gasteiger partial charge on any atom is -0.392 e. The predicted octanol–water partition coefficient (Wildman–Crippen LogP) is 2.81. The molecule has 88 valence electrons. The molecule has 1 saturated carbocycles. The Morgan fingerprint density at radius 3 is 2.81 bits per heavy atom. The Bertz CT molecular complexity index is 312. The summed E-state index contributed by atoms with van der Waals surface area (Å²) >= 11 is 0. The average molecular weight is 219 g/mol. The molecule has 0 bridgehead atoms. The highest BCUT2D eigenvalue weighted by Gasteiger charge is 2.25. The number of rotatable bonds is 3. The van der Waals surface area contributed by atoms with Crippen LogP contribution in [0.5, 0.6) is 0 Å². The normalized spacial score (nSPS) is 27.6. The summed E-state index contributed by atoms with van der Waals surface area (Å²) in [6, 6.07) is 3.99. The lowest BCUT2D eigenvalue weighted by Crippen LogP contribution is -2.27. The van der Waals surface area contributed by atoms with Crippen LogP contribution in [0.3, 0.4) is 0 Å². The van der Waals surface area contributed by atoms with Crippen LogP contribution in [-0.4, -0.2) is 16.2 Å². The SMILES string of the molecule is CC1CCCC(C(O)Cc2ccncc2)C1. The van der Waals surface area contributed by atoms with E-state index in [0.29, 0.717) is 5.92 Å². The van der Waals surface area contributed by atoms with Gasteiger partial charge < -0.3 is 5.11 Å². The van der Waals surface area contributed by atoms with E-state index >= 15 is 0 Å². The third kappa shape index (κ3) is 3.05. The lowest BCUT2D eigenvalue weighted by molar-refractivity contribution is 0.0720. The third-order valence-corrected chi connectivity index (χ3v) is 3.72. The van der Waals surface area contributed by atoms with Crippen LogP contribution >= 0.6 is 0 Å². The highest BCUT2D eigenvalue weighted by molar-refractivity contribution is 5.11. The second-order valence-corrected chi connectivity index (χ2v) is 5.16. The van der Waals surface area contributed by atoms with Crippen molar-refractivity contribution in [2.24, 2.45) is 11.8 Å². The maximum atomic E-state index is 10.2. The van der Waals surface area contributed by atoms with E-state index in [2.05, 4.69) is 11.9 Å². The van der Waals surface area contributed by atoms with Gasteiger partial charge in [-0.05, 0) is 48.8 Å². The fourth-order valence-corrected chi connectivity index (χ4v) is 2.76. The maximum Gasteiger partial charge on any atom is 0.0608 e. The van der Waals surface area contributed by atoms with Crippen LogP contribution in [0.2, 0.25) is 0 Å². The molecule has 3 unspecified atom stereocenters. The van der Waals surface area contributed by atoms with Crippen LogP contribution in [0.4, 0.5) is 0 Å². The molecule has 2 rings (SSSR count). The second-order valence-electron chi connectivity index (χ2n) is 5.16. The Morgan fingerprint density at radius 1 is 1.38 bits per heavy atom. The van der Waals surface area contributed by atoms with Gasteiger partial charge in [0.05, 0.1) is 6.10 Å². The summed E-state index contributed by atoms with van der Waals surface area (Å²) in [5.74, 6) is 1.28. The number of aromatic nitrogens is 1. The molecule has 2 nitrogen and oxygen atoms in total. The van der Waals surface area contributed by atoms with Gasteiger partial charge in [-0.3, -0.25) is 4.98 Å². The minimum atomic E-state index is -0.176. The van der Waals surface area contributed by atoms with Gasteiger partial charge in [-0.2, -0.15) is 0 Å². The molecule has 0 aliphatic heterocycles. The number of aliphatic hydroxyl groups excluding tert-OH is 1. The van der Waals surface area contributed by atoms with E-state index in [4.69, 9.17) is 0 Å². The maximum absolute atomic E-state index is 10.2. The van der Waals surface area contributed by atoms with E-state index in [1.807, 2.05) is 12.1 Å². The summed E-state index contributed by atoms with van der Waals surface area (Å²) in [4.78, 5) is 4.00. The van der Waals surface area contributed by atoms with Crippen molar-refractivity contribution in [3.05, 3.63) is 30.1 Å². The van der Waals surface area contributed by atoms with Gasteiger partial charge in [0.1, 0.15) is 0 Å². The third-order valence-electron chi connectivity index (χ3n) is 3.72. The Hall–Kier alpha value is -0.890. The molecule has 0 amide bonds. The predicted molar refractivity (Wildman–Crippen MR) is 65.1 cm³/mol. The van der Waals surface area contributed by atoms with Crippen LogP contribution in [0.1, 0.15) is 38.2 Å². The van der Waals surface area contributed by atoms with Gasteiger partial charge in [0, 0.05) is 12.4 Å². The molecule has 16 heavy (non-hydrogen) atoms. The lowest BCUT2D eigenvalue weighted by atomic mass is 9.78. The minimum absolute atomic E-state index is 0.176. The van der Waals surface area contributed by atoms with Gasteiger partial charge in [-0.25, -0.2) is 0 Å². The molecule has 1 fully saturated rings. The summed E-state index contributed by atoms with van der Waals surface area (Å²) in [6.45, 7) is 2.30. The number of aliphatic hydroxyl groups is 1. The van der Waals surface area contributed by atoms with E-state index in [1.54, 1.807) is 12.4 Å². The Morgan fingerprint density at radius 2 is 2.12 bits per heavy atom. The van der Waals surface area contributed by atoms with Crippen LogP contribution in [0, 0.1) is 11.8 Å². The molecule has 1 aromatic heterocycles. The van der Waals surface area contributed by atoms with Gasteiger partial charge in [-0.1, -0.05) is 19.8 Å². The highest BCUT2D eigenvalue weighted by atomic mass is 16.3. The Balaban J connectivity index is 1.90. The molecule has 0 radical (unpaired) electrons. The van der Waals surface area contributed by atoms with Crippen molar-refractivity contribution in [1.82, 2.24) is 4.98 Å². The second kappa shape index (κ2) is 5.44. The first-order valence-electron chi connectivity index (χ1n) is 6.32. The molecule has 1 N–H and O–H groups in total. The van der Waals surface area contributed by atoms with Crippen molar-refractivity contribution in [2.75, 3.05) is 0 Å². The van der Waals surface area contributed by atoms with Gasteiger partial charge in [0.2, 0.25) is 0 Å². The van der Waals surface area contributed by atoms with Crippen molar-refractivity contribution in [3.8, 4) is 0 Å². The molecule has 1 aliphatic carbocycles. The summed E-state index contributed by atoms with van der Waals surface area (Å²) in [5.41, 5.74) is 1.20. The van der Waals surface area contributed by atoms with E-state index in [9.17, 15) is 5.11 Å². The fourth-order valence-electron chi connectivity index (χ4n) is 2.76. The first-order chi connectivity index (χ1) is 7.75. The summed E-state index contributed by atoms with van der Waals surface area (Å²) in [6.07, 6.45) is 9.18. The van der Waals surface area contributed by atoms with Gasteiger partial charge in [-0.15, -0.1) is 0 Å². The monoisotopic (exact) mass is 219 g/mol. The molecule has 1 aliphatic rings. The van der Waals surface area contributed by atoms with Gasteiger partial charge in [0.15, 0.2) is 0 Å². The summed E-state index contributed by atoms with van der Waals surface area (Å²) < 4.78 is 0. The zero-order valence-electron chi connectivity index (χ0n) is 9.97. The molecule has 1 heterocycles. The Kier molecular flexibility index (Phi) is 3.94. The smallest absolute Gasteiger partial charge is 0.0608 e. The van der Waals surface area contributed by atoms with E-state index < -0.39 is 0 Å². The summed E-state index contributed by atoms with van der Waals surface area (Å²) in [7, 11) is 0. The molecule has 1 aromatic rings. The molecular weight excluding hydrogens is 198 g/mol. The first kappa shape index (κ1) is 11.6. The molecule has 0 aromatic carbocycles. The molecule has 0 saturated heterocycles. The molecular formula is C14H21NO. The Labute approximate surface area is 97.7 Å². The van der Waals surface area contributed by atoms with Gasteiger partial charge in [0.25, 0.3) is 0 Å². The van der Waals surface area contributed by atoms with Crippen LogP contribution < -0.4 is 0 Å². The van der Waals surface area contributed by atoms with Crippen molar-refractivity contribution in [2.45, 2.75) is 45.1 Å². The highest BCUT2D eigenvalue weighted by Crippen LogP contribution is 2.31. The zero-order valence-corrected chi connectivity index (χ0v) is 9.97. The van der Waals surface area contributed by atoms with Crippen molar-refractivity contribution < 1.29 is 5.11 Å². The van der Waals surface area contributed by atoms with Crippen molar-refractivity contribution >= 4 is 0 Å². The largest absolute Gasteiger partial charge is 0.392 e. The topological polar surface area (TPSA) is 33.1 Å². The lowest BCUT2D eigenvalue weighted by Gasteiger charge is -2.30.